The summed E-state index contributed by atoms with van der Waals surface area (Å²) in [4.78, 5) is 25.5. The lowest BCUT2D eigenvalue weighted by Crippen LogP contribution is -2.60. The first kappa shape index (κ1) is 61.9. The van der Waals surface area contributed by atoms with Crippen LogP contribution in [-0.4, -0.2) is 96.0 Å². The first-order valence-electron chi connectivity index (χ1n) is 26.5. The van der Waals surface area contributed by atoms with Gasteiger partial charge in [-0.1, -0.05) is 192 Å². The number of unbranched alkanes of at least 4 members (excludes halogenated alkanes) is 27. The van der Waals surface area contributed by atoms with Crippen molar-refractivity contribution in [3.05, 3.63) is 36.5 Å². The molecule has 0 aromatic rings. The highest BCUT2D eigenvalue weighted by atomic mass is 32.2. The summed E-state index contributed by atoms with van der Waals surface area (Å²) in [6, 6.07) is 0. The van der Waals surface area contributed by atoms with Crippen molar-refractivity contribution in [1.29, 1.82) is 0 Å². The molecular weight excluding hydrogens is 861 g/mol. The molecule has 4 N–H and O–H groups in total. The molecule has 0 aromatic carbocycles. The van der Waals surface area contributed by atoms with Crippen LogP contribution in [0.1, 0.15) is 232 Å². The summed E-state index contributed by atoms with van der Waals surface area (Å²) in [6.07, 6.45) is 42.1. The van der Waals surface area contributed by atoms with Crippen molar-refractivity contribution < 1.29 is 56.8 Å². The molecule has 13 heteroatoms. The van der Waals surface area contributed by atoms with Crippen molar-refractivity contribution >= 4 is 22.1 Å². The smallest absolute Gasteiger partial charge is 0.306 e. The molecule has 0 radical (unpaired) electrons. The average Bonchev–Trinajstić information content (AvgIpc) is 3.28. The minimum atomic E-state index is -4.61. The average molecular weight is 957 g/mol. The van der Waals surface area contributed by atoms with Crippen LogP contribution in [0, 0.1) is 0 Å². The van der Waals surface area contributed by atoms with Crippen LogP contribution < -0.4 is 0 Å². The maximum Gasteiger partial charge on any atom is 0.306 e. The summed E-state index contributed by atoms with van der Waals surface area (Å²) in [5.74, 6) is -2.06. The SMILES string of the molecule is CCCCCCCC/C=C/C/C=C/CCCCC(=O)O[C@H](COC(=O)CCC/C=C/CCCCCCCCCCCCCCCCCCCC)CO[C@H]1O[C@H](CS(=O)(=O)O)[C@@H](O)C(O)C1O. The van der Waals surface area contributed by atoms with Gasteiger partial charge < -0.3 is 34.3 Å². The third-order valence-electron chi connectivity index (χ3n) is 12.2. The molecule has 0 aliphatic carbocycles. The molecule has 0 saturated carbocycles. The Morgan fingerprint density at radius 3 is 1.39 bits per heavy atom. The number of rotatable bonds is 45. The van der Waals surface area contributed by atoms with Crippen molar-refractivity contribution in [2.45, 2.75) is 269 Å². The van der Waals surface area contributed by atoms with Gasteiger partial charge in [-0.3, -0.25) is 14.1 Å². The van der Waals surface area contributed by atoms with E-state index in [1.807, 2.05) is 0 Å². The number of hydrogen-bond acceptors (Lipinski definition) is 11. The van der Waals surface area contributed by atoms with Crippen LogP contribution in [0.4, 0.5) is 0 Å². The van der Waals surface area contributed by atoms with Crippen LogP contribution in [0.25, 0.3) is 0 Å². The molecule has 12 nitrogen and oxygen atoms in total. The highest BCUT2D eigenvalue weighted by Gasteiger charge is 2.46. The van der Waals surface area contributed by atoms with Crippen LogP contribution in [0.15, 0.2) is 36.5 Å². The van der Waals surface area contributed by atoms with E-state index in [4.69, 9.17) is 18.9 Å². The highest BCUT2D eigenvalue weighted by Crippen LogP contribution is 2.24. The van der Waals surface area contributed by atoms with E-state index < -0.39 is 71.2 Å². The molecule has 2 unspecified atom stereocenters. The van der Waals surface area contributed by atoms with Crippen LogP contribution >= 0.6 is 0 Å². The van der Waals surface area contributed by atoms with E-state index in [9.17, 15) is 37.9 Å². The van der Waals surface area contributed by atoms with Crippen molar-refractivity contribution in [2.24, 2.45) is 0 Å². The Kier molecular flexibility index (Phi) is 40.3. The minimum absolute atomic E-state index is 0.117. The number of esters is 2. The van der Waals surface area contributed by atoms with Gasteiger partial charge in [0.2, 0.25) is 0 Å². The molecule has 386 valence electrons. The molecule has 0 aromatic heterocycles. The second-order valence-electron chi connectivity index (χ2n) is 18.5. The number of allylic oxidation sites excluding steroid dienone is 6. The van der Waals surface area contributed by atoms with Crippen molar-refractivity contribution in [1.82, 2.24) is 0 Å². The number of ether oxygens (including phenoxy) is 4. The number of aliphatic hydroxyl groups excluding tert-OH is 3. The Hall–Kier alpha value is -2.13. The van der Waals surface area contributed by atoms with Gasteiger partial charge in [-0.05, 0) is 64.2 Å². The van der Waals surface area contributed by atoms with E-state index in [1.165, 1.54) is 148 Å². The van der Waals surface area contributed by atoms with E-state index in [-0.39, 0.29) is 19.4 Å². The molecule has 66 heavy (non-hydrogen) atoms. The Labute approximate surface area is 401 Å². The molecule has 6 atom stereocenters. The van der Waals surface area contributed by atoms with Crippen molar-refractivity contribution in [2.75, 3.05) is 19.0 Å². The summed E-state index contributed by atoms with van der Waals surface area (Å²) < 4.78 is 54.2. The lowest BCUT2D eigenvalue weighted by molar-refractivity contribution is -0.297. The largest absolute Gasteiger partial charge is 0.462 e. The lowest BCUT2D eigenvalue weighted by Gasteiger charge is -2.40. The van der Waals surface area contributed by atoms with Crippen LogP contribution in [0.3, 0.4) is 0 Å². The van der Waals surface area contributed by atoms with Gasteiger partial charge >= 0.3 is 11.9 Å². The molecule has 0 spiro atoms. The molecule has 1 aliphatic rings. The van der Waals surface area contributed by atoms with Gasteiger partial charge in [0, 0.05) is 12.8 Å². The molecule has 1 rings (SSSR count). The normalized spacial score (nSPS) is 19.6. The van der Waals surface area contributed by atoms with Gasteiger partial charge in [0.05, 0.1) is 6.61 Å². The van der Waals surface area contributed by atoms with Gasteiger partial charge in [-0.15, -0.1) is 0 Å². The lowest BCUT2D eigenvalue weighted by atomic mass is 10.00. The van der Waals surface area contributed by atoms with Gasteiger partial charge in [0.15, 0.2) is 12.4 Å². The number of carbonyl (C=O) groups is 2. The third kappa shape index (κ3) is 36.9. The number of hydrogen-bond donors (Lipinski definition) is 4. The Balaban J connectivity index is 2.36. The number of aliphatic hydroxyl groups is 3. The number of carbonyl (C=O) groups excluding carboxylic acids is 2. The Bertz CT molecular complexity index is 1350. The van der Waals surface area contributed by atoms with Gasteiger partial charge in [0.1, 0.15) is 36.8 Å². The summed E-state index contributed by atoms with van der Waals surface area (Å²) in [5, 5.41) is 31.0. The standard InChI is InChI=1S/C53H96O12S/c1-3-5-7-9-11-13-15-17-19-20-21-22-23-24-25-26-28-29-31-33-35-37-39-41-48(54)62-43-46(44-63-53-52(58)51(57)50(56)47(65-53)45-66(59,60)61)64-49(55)42-40-38-36-34-32-30-27-18-16-14-12-10-8-6-4-2/h18,27,32-35,46-47,50-53,56-58H,3-17,19-26,28-31,36-45H2,1-2H3,(H,59,60,61)/b27-18+,34-32+,35-33+/t46-,47-,50-,51?,52?,53+/m1/s1. The second kappa shape index (κ2) is 42.9. The maximum absolute atomic E-state index is 12.8. The quantitative estimate of drug-likeness (QED) is 0.0196. The van der Waals surface area contributed by atoms with Crippen LogP contribution in [0.5, 0.6) is 0 Å². The zero-order valence-electron chi connectivity index (χ0n) is 41.6. The van der Waals surface area contributed by atoms with Crippen molar-refractivity contribution in [3.8, 4) is 0 Å². The van der Waals surface area contributed by atoms with E-state index in [0.717, 1.165) is 44.9 Å². The minimum Gasteiger partial charge on any atom is -0.462 e. The third-order valence-corrected chi connectivity index (χ3v) is 12.9. The highest BCUT2D eigenvalue weighted by molar-refractivity contribution is 7.85. The first-order chi connectivity index (χ1) is 32.0. The first-order valence-corrected chi connectivity index (χ1v) is 28.2. The fourth-order valence-corrected chi connectivity index (χ4v) is 8.76. The topological polar surface area (TPSA) is 186 Å². The Morgan fingerprint density at radius 1 is 0.515 bits per heavy atom. The van der Waals surface area contributed by atoms with Crippen molar-refractivity contribution in [3.63, 3.8) is 0 Å². The zero-order valence-corrected chi connectivity index (χ0v) is 42.4. The van der Waals surface area contributed by atoms with E-state index >= 15 is 0 Å². The van der Waals surface area contributed by atoms with E-state index in [0.29, 0.717) is 12.8 Å². The van der Waals surface area contributed by atoms with Crippen LogP contribution in [-0.2, 0) is 38.7 Å². The maximum atomic E-state index is 12.8. The predicted octanol–water partition coefficient (Wildman–Crippen LogP) is 12.1. The molecule has 1 aliphatic heterocycles. The molecular formula is C53H96O12S. The monoisotopic (exact) mass is 957 g/mol. The van der Waals surface area contributed by atoms with E-state index in [1.54, 1.807) is 0 Å². The molecule has 1 saturated heterocycles. The second-order valence-corrected chi connectivity index (χ2v) is 20.0. The van der Waals surface area contributed by atoms with Gasteiger partial charge in [0.25, 0.3) is 10.1 Å². The van der Waals surface area contributed by atoms with E-state index in [2.05, 4.69) is 50.3 Å². The summed E-state index contributed by atoms with van der Waals surface area (Å²) in [5.41, 5.74) is 0. The summed E-state index contributed by atoms with van der Waals surface area (Å²) in [6.45, 7) is 3.73. The molecule has 0 amide bonds. The van der Waals surface area contributed by atoms with Gasteiger partial charge in [-0.2, -0.15) is 8.42 Å². The van der Waals surface area contributed by atoms with Gasteiger partial charge in [-0.25, -0.2) is 0 Å². The fraction of sp³-hybridized carbons (Fsp3) is 0.849. The zero-order chi connectivity index (χ0) is 48.4. The summed E-state index contributed by atoms with van der Waals surface area (Å²) in [7, 11) is -4.61. The molecule has 0 bridgehead atoms. The fourth-order valence-electron chi connectivity index (χ4n) is 8.07. The Morgan fingerprint density at radius 2 is 0.924 bits per heavy atom. The summed E-state index contributed by atoms with van der Waals surface area (Å²) >= 11 is 0. The van der Waals surface area contributed by atoms with Crippen LogP contribution in [0.2, 0.25) is 0 Å². The molecule has 1 fully saturated rings. The molecule has 1 heterocycles. The predicted molar refractivity (Wildman–Crippen MR) is 266 cm³/mol.